The Balaban J connectivity index is 2.22. The summed E-state index contributed by atoms with van der Waals surface area (Å²) in [6, 6.07) is 10.4. The Morgan fingerprint density at radius 3 is 2.29 bits per heavy atom. The molecule has 1 aromatic heterocycles. The molecule has 1 aromatic carbocycles. The number of carbonyl (C=O) groups is 1. The number of rotatable bonds is 8. The summed E-state index contributed by atoms with van der Waals surface area (Å²) in [5.74, 6) is -0.112. The molecule has 0 fully saturated rings. The van der Waals surface area contributed by atoms with Gasteiger partial charge in [0.2, 0.25) is 0 Å². The maximum absolute atomic E-state index is 11.9. The average Bonchev–Trinajstić information content (AvgIpc) is 2.56. The van der Waals surface area contributed by atoms with Crippen molar-refractivity contribution < 1.29 is 14.6 Å². The predicted molar refractivity (Wildman–Crippen MR) is 92.9 cm³/mol. The number of likely N-dealkylation sites (N-methyl/N-ethyl adjacent to an activating group) is 1. The summed E-state index contributed by atoms with van der Waals surface area (Å²) in [5, 5.41) is 9.74. The SMILES string of the molecule is CCN(Cc1ccncc1)C(C(=O)O)c1ccc(OC(C)C)cc1. The zero-order valence-electron chi connectivity index (χ0n) is 14.3. The molecule has 2 aromatic rings. The van der Waals surface area contributed by atoms with Crippen molar-refractivity contribution in [3.63, 3.8) is 0 Å². The molecule has 0 aliphatic heterocycles. The molecule has 1 atom stereocenters. The van der Waals surface area contributed by atoms with E-state index in [0.29, 0.717) is 13.1 Å². The van der Waals surface area contributed by atoms with Crippen LogP contribution in [-0.2, 0) is 11.3 Å². The van der Waals surface area contributed by atoms with Gasteiger partial charge in [-0.3, -0.25) is 14.7 Å². The van der Waals surface area contributed by atoms with Crippen LogP contribution >= 0.6 is 0 Å². The molecule has 2 rings (SSSR count). The lowest BCUT2D eigenvalue weighted by Crippen LogP contribution is -2.33. The minimum Gasteiger partial charge on any atom is -0.491 e. The topological polar surface area (TPSA) is 62.7 Å². The quantitative estimate of drug-likeness (QED) is 0.803. The molecule has 1 heterocycles. The summed E-state index contributed by atoms with van der Waals surface area (Å²) < 4.78 is 5.62. The van der Waals surface area contributed by atoms with Crippen LogP contribution in [0.5, 0.6) is 5.75 Å². The third-order valence-electron chi connectivity index (χ3n) is 3.71. The second-order valence-electron chi connectivity index (χ2n) is 5.89. The number of aliphatic carboxylic acids is 1. The van der Waals surface area contributed by atoms with Crippen molar-refractivity contribution >= 4 is 5.97 Å². The van der Waals surface area contributed by atoms with E-state index in [0.717, 1.165) is 16.9 Å². The fourth-order valence-corrected chi connectivity index (χ4v) is 2.62. The minimum absolute atomic E-state index is 0.0879. The van der Waals surface area contributed by atoms with E-state index < -0.39 is 12.0 Å². The van der Waals surface area contributed by atoms with E-state index in [-0.39, 0.29) is 6.10 Å². The van der Waals surface area contributed by atoms with Gasteiger partial charge in [0.05, 0.1) is 6.10 Å². The van der Waals surface area contributed by atoms with Gasteiger partial charge in [-0.25, -0.2) is 0 Å². The first-order chi connectivity index (χ1) is 11.5. The first-order valence-corrected chi connectivity index (χ1v) is 8.13. The largest absolute Gasteiger partial charge is 0.491 e. The van der Waals surface area contributed by atoms with Crippen molar-refractivity contribution in [3.8, 4) is 5.75 Å². The van der Waals surface area contributed by atoms with Crippen LogP contribution in [0, 0.1) is 0 Å². The third kappa shape index (κ3) is 4.80. The van der Waals surface area contributed by atoms with E-state index >= 15 is 0 Å². The number of carboxylic acids is 1. The van der Waals surface area contributed by atoms with E-state index in [1.165, 1.54) is 0 Å². The lowest BCUT2D eigenvalue weighted by Gasteiger charge is -2.28. The van der Waals surface area contributed by atoms with Gasteiger partial charge in [-0.2, -0.15) is 0 Å². The molecule has 5 nitrogen and oxygen atoms in total. The standard InChI is InChI=1S/C19H24N2O3/c1-4-21(13-15-9-11-20-12-10-15)18(19(22)23)16-5-7-17(8-6-16)24-14(2)3/h5-12,14,18H,4,13H2,1-3H3,(H,22,23). The van der Waals surface area contributed by atoms with E-state index in [1.54, 1.807) is 12.4 Å². The van der Waals surface area contributed by atoms with Crippen LogP contribution in [0.2, 0.25) is 0 Å². The highest BCUT2D eigenvalue weighted by molar-refractivity contribution is 5.75. The average molecular weight is 328 g/mol. The van der Waals surface area contributed by atoms with Crippen LogP contribution in [0.15, 0.2) is 48.8 Å². The Hall–Kier alpha value is -2.40. The zero-order valence-corrected chi connectivity index (χ0v) is 14.3. The number of ether oxygens (including phenoxy) is 1. The second-order valence-corrected chi connectivity index (χ2v) is 5.89. The molecule has 0 aliphatic rings. The van der Waals surface area contributed by atoms with Crippen molar-refractivity contribution in [3.05, 3.63) is 59.9 Å². The zero-order chi connectivity index (χ0) is 17.5. The Morgan fingerprint density at radius 2 is 1.79 bits per heavy atom. The normalized spacial score (nSPS) is 12.4. The highest BCUT2D eigenvalue weighted by Gasteiger charge is 2.26. The molecule has 1 unspecified atom stereocenters. The van der Waals surface area contributed by atoms with Gasteiger partial charge in [0.1, 0.15) is 11.8 Å². The molecular formula is C19H24N2O3. The lowest BCUT2D eigenvalue weighted by molar-refractivity contribution is -0.143. The Morgan fingerprint density at radius 1 is 1.17 bits per heavy atom. The smallest absolute Gasteiger partial charge is 0.325 e. The molecule has 0 radical (unpaired) electrons. The highest BCUT2D eigenvalue weighted by atomic mass is 16.5. The predicted octanol–water partition coefficient (Wildman–Crippen LogP) is 3.52. The van der Waals surface area contributed by atoms with Crippen molar-refractivity contribution in [1.82, 2.24) is 9.88 Å². The van der Waals surface area contributed by atoms with Gasteiger partial charge < -0.3 is 9.84 Å². The van der Waals surface area contributed by atoms with Crippen LogP contribution in [0.4, 0.5) is 0 Å². The molecule has 0 amide bonds. The Kier molecular flexibility index (Phi) is 6.32. The van der Waals surface area contributed by atoms with E-state index in [1.807, 2.05) is 62.1 Å². The fraction of sp³-hybridized carbons (Fsp3) is 0.368. The molecule has 0 bridgehead atoms. The summed E-state index contributed by atoms with van der Waals surface area (Å²) in [5.41, 5.74) is 1.78. The van der Waals surface area contributed by atoms with E-state index in [2.05, 4.69) is 4.98 Å². The number of pyridine rings is 1. The molecule has 128 valence electrons. The van der Waals surface area contributed by atoms with Crippen LogP contribution in [0.1, 0.15) is 37.9 Å². The summed E-state index contributed by atoms with van der Waals surface area (Å²) >= 11 is 0. The van der Waals surface area contributed by atoms with Gasteiger partial charge in [-0.1, -0.05) is 19.1 Å². The highest BCUT2D eigenvalue weighted by Crippen LogP contribution is 2.25. The molecular weight excluding hydrogens is 304 g/mol. The fourth-order valence-electron chi connectivity index (χ4n) is 2.62. The summed E-state index contributed by atoms with van der Waals surface area (Å²) in [6.45, 7) is 7.07. The molecule has 0 aliphatic carbocycles. The Labute approximate surface area is 142 Å². The van der Waals surface area contributed by atoms with Gasteiger partial charge >= 0.3 is 5.97 Å². The lowest BCUT2D eigenvalue weighted by atomic mass is 10.0. The second kappa shape index (κ2) is 8.45. The van der Waals surface area contributed by atoms with Gasteiger partial charge in [0.15, 0.2) is 0 Å². The number of benzene rings is 1. The Bertz CT molecular complexity index is 641. The van der Waals surface area contributed by atoms with E-state index in [4.69, 9.17) is 4.74 Å². The van der Waals surface area contributed by atoms with Crippen molar-refractivity contribution in [2.24, 2.45) is 0 Å². The number of hydrogen-bond acceptors (Lipinski definition) is 4. The molecule has 1 N–H and O–H groups in total. The van der Waals surface area contributed by atoms with Gasteiger partial charge in [0.25, 0.3) is 0 Å². The molecule has 5 heteroatoms. The first-order valence-electron chi connectivity index (χ1n) is 8.13. The summed E-state index contributed by atoms with van der Waals surface area (Å²) in [6.07, 6.45) is 3.53. The van der Waals surface area contributed by atoms with Crippen molar-refractivity contribution in [2.45, 2.75) is 39.5 Å². The minimum atomic E-state index is -0.858. The number of carboxylic acid groups (broad SMARTS) is 1. The monoisotopic (exact) mass is 328 g/mol. The van der Waals surface area contributed by atoms with Crippen molar-refractivity contribution in [1.29, 1.82) is 0 Å². The van der Waals surface area contributed by atoms with Crippen LogP contribution in [0.25, 0.3) is 0 Å². The van der Waals surface area contributed by atoms with Gasteiger partial charge in [-0.05, 0) is 55.8 Å². The van der Waals surface area contributed by atoms with Crippen molar-refractivity contribution in [2.75, 3.05) is 6.54 Å². The van der Waals surface area contributed by atoms with Crippen LogP contribution < -0.4 is 4.74 Å². The molecule has 0 spiro atoms. The van der Waals surface area contributed by atoms with Crippen LogP contribution in [0.3, 0.4) is 0 Å². The number of hydrogen-bond donors (Lipinski definition) is 1. The summed E-state index contributed by atoms with van der Waals surface area (Å²) in [4.78, 5) is 17.8. The number of aromatic nitrogens is 1. The maximum Gasteiger partial charge on any atom is 0.325 e. The molecule has 0 saturated heterocycles. The first kappa shape index (κ1) is 17.9. The van der Waals surface area contributed by atoms with Gasteiger partial charge in [-0.15, -0.1) is 0 Å². The maximum atomic E-state index is 11.9. The summed E-state index contributed by atoms with van der Waals surface area (Å²) in [7, 11) is 0. The third-order valence-corrected chi connectivity index (χ3v) is 3.71. The van der Waals surface area contributed by atoms with Gasteiger partial charge in [0, 0.05) is 18.9 Å². The van der Waals surface area contributed by atoms with E-state index in [9.17, 15) is 9.90 Å². The number of nitrogens with zero attached hydrogens (tertiary/aromatic N) is 2. The molecule has 0 saturated carbocycles. The molecule has 24 heavy (non-hydrogen) atoms. The van der Waals surface area contributed by atoms with Crippen LogP contribution in [-0.4, -0.2) is 33.6 Å².